The van der Waals surface area contributed by atoms with Crippen LogP contribution in [0.5, 0.6) is 0 Å². The van der Waals surface area contributed by atoms with E-state index in [1.807, 2.05) is 0 Å². The Bertz CT molecular complexity index is 4350. The number of para-hydroxylation sites is 2. The fourth-order valence-corrected chi connectivity index (χ4v) is 23.4. The van der Waals surface area contributed by atoms with Gasteiger partial charge in [0, 0.05) is 32.9 Å². The average molecular weight is 999 g/mol. The first kappa shape index (κ1) is 44.2. The largest absolute Gasteiger partial charge is 0.309 e. The molecule has 4 heteroatoms. The van der Waals surface area contributed by atoms with E-state index in [1.165, 1.54) is 107 Å². The van der Waals surface area contributed by atoms with Crippen molar-refractivity contribution in [3.63, 3.8) is 0 Å². The van der Waals surface area contributed by atoms with Gasteiger partial charge < -0.3 is 9.13 Å². The van der Waals surface area contributed by atoms with Gasteiger partial charge in [-0.15, -0.1) is 0 Å². The fraction of sp³-hybridized carbons (Fsp3) is 0. The molecule has 0 spiro atoms. The summed E-state index contributed by atoms with van der Waals surface area (Å²) in [4.78, 5) is 0. The molecule has 12 aromatic carbocycles. The molecule has 76 heavy (non-hydrogen) atoms. The average Bonchev–Trinajstić information content (AvgIpc) is 4.26. The molecule has 0 fully saturated rings. The number of benzene rings is 12. The molecule has 0 radical (unpaired) electrons. The van der Waals surface area contributed by atoms with Crippen LogP contribution in [0.3, 0.4) is 0 Å². The summed E-state index contributed by atoms with van der Waals surface area (Å²) in [6, 6.07) is 114. The van der Waals surface area contributed by atoms with Gasteiger partial charge in [-0.1, -0.05) is 255 Å². The molecule has 0 saturated carbocycles. The van der Waals surface area contributed by atoms with Crippen molar-refractivity contribution in [2.24, 2.45) is 0 Å². The quantitative estimate of drug-likeness (QED) is 0.101. The molecule has 2 aromatic heterocycles. The minimum absolute atomic E-state index is 1.13. The van der Waals surface area contributed by atoms with Gasteiger partial charge in [0.05, 0.1) is 22.1 Å². The molecule has 0 amide bonds. The summed E-state index contributed by atoms with van der Waals surface area (Å²) in [7, 11) is -5.32. The van der Waals surface area contributed by atoms with Crippen LogP contribution in [0.1, 0.15) is 0 Å². The van der Waals surface area contributed by atoms with Gasteiger partial charge in [0.15, 0.2) is 16.1 Å². The van der Waals surface area contributed by atoms with Crippen molar-refractivity contribution in [3.8, 4) is 33.6 Å². The number of hydrogen-bond donors (Lipinski definition) is 0. The van der Waals surface area contributed by atoms with Crippen LogP contribution in [-0.2, 0) is 0 Å². The molecule has 0 saturated heterocycles. The molecule has 14 aromatic rings. The first-order valence-corrected chi connectivity index (χ1v) is 30.4. The van der Waals surface area contributed by atoms with Gasteiger partial charge in [0.1, 0.15) is 0 Å². The van der Waals surface area contributed by atoms with Crippen molar-refractivity contribution in [3.05, 3.63) is 303 Å². The van der Waals surface area contributed by atoms with Crippen molar-refractivity contribution in [1.82, 2.24) is 9.13 Å². The zero-order valence-electron chi connectivity index (χ0n) is 41.8. The SMILES string of the molecule is c1ccc([Si](c2ccccc2)(c2ccccc2)c2ccc(-n3c4ccccc4c4ccc(-n5c6ccccc6c6c(-c7ccc8c(c7)-c7ccccc7[Si]8(c7ccccc7)c7ccccc7)cccc65)cc43)cc2)cc1. The lowest BCUT2D eigenvalue weighted by Crippen LogP contribution is -2.74. The maximum Gasteiger partial charge on any atom is 0.180 e. The van der Waals surface area contributed by atoms with Gasteiger partial charge in [-0.2, -0.15) is 0 Å². The highest BCUT2D eigenvalue weighted by Gasteiger charge is 2.48. The maximum atomic E-state index is 2.50. The van der Waals surface area contributed by atoms with Crippen LogP contribution in [0, 0.1) is 0 Å². The van der Waals surface area contributed by atoms with Crippen molar-refractivity contribution in [2.75, 3.05) is 0 Å². The van der Waals surface area contributed by atoms with E-state index in [4.69, 9.17) is 0 Å². The van der Waals surface area contributed by atoms with E-state index < -0.39 is 16.1 Å². The second-order valence-corrected chi connectivity index (χ2v) is 27.8. The summed E-state index contributed by atoms with van der Waals surface area (Å²) in [6.45, 7) is 0. The molecule has 0 N–H and O–H groups in total. The summed E-state index contributed by atoms with van der Waals surface area (Å²) in [5.41, 5.74) is 12.2. The van der Waals surface area contributed by atoms with E-state index in [-0.39, 0.29) is 0 Å². The Morgan fingerprint density at radius 3 is 1.34 bits per heavy atom. The molecule has 15 rings (SSSR count). The fourth-order valence-electron chi connectivity index (χ4n) is 13.5. The van der Waals surface area contributed by atoms with E-state index >= 15 is 0 Å². The molecule has 0 atom stereocenters. The molecule has 0 aliphatic carbocycles. The van der Waals surface area contributed by atoms with Gasteiger partial charge in [-0.05, 0) is 112 Å². The van der Waals surface area contributed by atoms with E-state index in [2.05, 4.69) is 312 Å². The molecule has 1 aliphatic rings. The van der Waals surface area contributed by atoms with Crippen molar-refractivity contribution >= 4 is 101 Å². The van der Waals surface area contributed by atoms with Crippen LogP contribution < -0.4 is 41.5 Å². The van der Waals surface area contributed by atoms with Gasteiger partial charge in [0.2, 0.25) is 0 Å². The van der Waals surface area contributed by atoms with Crippen LogP contribution in [-0.4, -0.2) is 25.3 Å². The third-order valence-electron chi connectivity index (χ3n) is 16.6. The molecule has 0 bridgehead atoms. The highest BCUT2D eigenvalue weighted by Crippen LogP contribution is 2.42. The molecular formula is C72H50N2Si2. The van der Waals surface area contributed by atoms with Gasteiger partial charge in [-0.3, -0.25) is 0 Å². The first-order chi connectivity index (χ1) is 37.7. The number of rotatable bonds is 9. The van der Waals surface area contributed by atoms with E-state index in [0.29, 0.717) is 0 Å². The first-order valence-electron chi connectivity index (χ1n) is 26.4. The minimum atomic E-state index is -2.71. The summed E-state index contributed by atoms with van der Waals surface area (Å²) in [5, 5.41) is 16.2. The third-order valence-corrected chi connectivity index (χ3v) is 26.2. The zero-order chi connectivity index (χ0) is 50.2. The lowest BCUT2D eigenvalue weighted by atomic mass is 9.96. The summed E-state index contributed by atoms with van der Waals surface area (Å²) in [5.74, 6) is 0. The predicted molar refractivity (Wildman–Crippen MR) is 327 cm³/mol. The molecule has 0 unspecified atom stereocenters. The van der Waals surface area contributed by atoms with Gasteiger partial charge in [-0.25, -0.2) is 0 Å². The second-order valence-electron chi connectivity index (χ2n) is 20.3. The van der Waals surface area contributed by atoms with Crippen LogP contribution >= 0.6 is 0 Å². The highest BCUT2D eigenvalue weighted by atomic mass is 28.3. The Labute approximate surface area is 444 Å². The van der Waals surface area contributed by atoms with Crippen LogP contribution in [0.2, 0.25) is 0 Å². The highest BCUT2D eigenvalue weighted by molar-refractivity contribution is 7.22. The third kappa shape index (κ3) is 6.45. The molecule has 3 heterocycles. The van der Waals surface area contributed by atoms with Crippen molar-refractivity contribution in [1.29, 1.82) is 0 Å². The topological polar surface area (TPSA) is 9.86 Å². The number of nitrogens with zero attached hydrogens (tertiary/aromatic N) is 2. The van der Waals surface area contributed by atoms with Crippen LogP contribution in [0.25, 0.3) is 77.2 Å². The normalized spacial score (nSPS) is 12.8. The number of hydrogen-bond acceptors (Lipinski definition) is 0. The van der Waals surface area contributed by atoms with E-state index in [0.717, 1.165) is 11.4 Å². The van der Waals surface area contributed by atoms with Crippen molar-refractivity contribution < 1.29 is 0 Å². The molecule has 2 nitrogen and oxygen atoms in total. The second kappa shape index (κ2) is 17.7. The predicted octanol–water partition coefficient (Wildman–Crippen LogP) is 12.3. The lowest BCUT2D eigenvalue weighted by Gasteiger charge is -2.34. The molecular weight excluding hydrogens is 949 g/mol. The number of aromatic nitrogens is 2. The van der Waals surface area contributed by atoms with Gasteiger partial charge in [0.25, 0.3) is 0 Å². The summed E-state index contributed by atoms with van der Waals surface area (Å²) in [6.07, 6.45) is 0. The minimum Gasteiger partial charge on any atom is -0.309 e. The standard InChI is InChI=1S/C72H50N2Si2/c1-6-23-54(24-7-1)75(55-25-8-2-9-26-55,56-27-10-3-11-28-56)59-45-42-52(43-46-59)73-66-37-19-16-33-61(66)62-47-44-53(50-69(62)73)74-67-38-20-17-35-64(67)72-60(36-22-39-68(72)74)51-41-48-71-65(49-51)63-34-18-21-40-70(63)76(71,57-29-12-4-13-30-57)58-31-14-5-15-32-58/h1-50H. The van der Waals surface area contributed by atoms with E-state index in [9.17, 15) is 0 Å². The summed E-state index contributed by atoms with van der Waals surface area (Å²) < 4.78 is 4.97. The Morgan fingerprint density at radius 1 is 0.263 bits per heavy atom. The number of fused-ring (bicyclic) bond motifs is 9. The smallest absolute Gasteiger partial charge is 0.180 e. The van der Waals surface area contributed by atoms with Gasteiger partial charge >= 0.3 is 0 Å². The Balaban J connectivity index is 0.903. The van der Waals surface area contributed by atoms with Crippen LogP contribution in [0.4, 0.5) is 0 Å². The monoisotopic (exact) mass is 998 g/mol. The van der Waals surface area contributed by atoms with E-state index in [1.54, 1.807) is 0 Å². The molecule has 1 aliphatic heterocycles. The van der Waals surface area contributed by atoms with Crippen LogP contribution in [0.15, 0.2) is 303 Å². The molecule has 356 valence electrons. The van der Waals surface area contributed by atoms with Crippen molar-refractivity contribution in [2.45, 2.75) is 0 Å². The zero-order valence-corrected chi connectivity index (χ0v) is 43.8. The lowest BCUT2D eigenvalue weighted by molar-refractivity contribution is 1.16. The Hall–Kier alpha value is -9.33. The Kier molecular flexibility index (Phi) is 10.3. The summed E-state index contributed by atoms with van der Waals surface area (Å²) >= 11 is 0. The Morgan fingerprint density at radius 2 is 0.711 bits per heavy atom. The maximum absolute atomic E-state index is 2.71.